The molecule has 1 heterocycles. The zero-order valence-corrected chi connectivity index (χ0v) is 17.4. The topological polar surface area (TPSA) is 99.3 Å². The second kappa shape index (κ2) is 9.53. The molecule has 0 saturated carbocycles. The summed E-state index contributed by atoms with van der Waals surface area (Å²) in [6, 6.07) is 12.4. The summed E-state index contributed by atoms with van der Waals surface area (Å²) in [5.74, 6) is 0.339. The molecule has 8 nitrogen and oxygen atoms in total. The predicted molar refractivity (Wildman–Crippen MR) is 111 cm³/mol. The highest BCUT2D eigenvalue weighted by molar-refractivity contribution is 9.10. The van der Waals surface area contributed by atoms with Crippen LogP contribution >= 0.6 is 27.5 Å². The van der Waals surface area contributed by atoms with Gasteiger partial charge >= 0.3 is 5.69 Å². The largest absolute Gasteiger partial charge is 0.487 e. The van der Waals surface area contributed by atoms with E-state index in [9.17, 15) is 14.9 Å². The Balaban J connectivity index is 1.48. The molecule has 2 aromatic carbocycles. The van der Waals surface area contributed by atoms with Gasteiger partial charge in [-0.1, -0.05) is 39.7 Å². The van der Waals surface area contributed by atoms with Crippen molar-refractivity contribution >= 4 is 39.1 Å². The molecule has 0 atom stereocenters. The van der Waals surface area contributed by atoms with E-state index in [4.69, 9.17) is 16.3 Å². The minimum atomic E-state index is -0.516. The SMILES string of the molecule is O=C(NCCn1cc([N+](=O)[O-])cn1)c1ccc(COc2ccc(Br)cc2Cl)cc1. The smallest absolute Gasteiger partial charge is 0.306 e. The van der Waals surface area contributed by atoms with Crippen LogP contribution in [-0.2, 0) is 13.2 Å². The monoisotopic (exact) mass is 478 g/mol. The fourth-order valence-corrected chi connectivity index (χ4v) is 3.19. The molecule has 1 amide bonds. The van der Waals surface area contributed by atoms with Crippen molar-refractivity contribution < 1.29 is 14.5 Å². The second-order valence-electron chi connectivity index (χ2n) is 6.03. The molecule has 0 bridgehead atoms. The summed E-state index contributed by atoms with van der Waals surface area (Å²) in [5.41, 5.74) is 1.31. The number of halogens is 2. The first kappa shape index (κ1) is 20.8. The van der Waals surface area contributed by atoms with Crippen LogP contribution in [0.5, 0.6) is 5.75 Å². The molecule has 0 aliphatic rings. The fourth-order valence-electron chi connectivity index (χ4n) is 2.46. The van der Waals surface area contributed by atoms with E-state index in [0.29, 0.717) is 36.0 Å². The van der Waals surface area contributed by atoms with Gasteiger partial charge in [-0.25, -0.2) is 0 Å². The van der Waals surface area contributed by atoms with Crippen LogP contribution in [0.1, 0.15) is 15.9 Å². The summed E-state index contributed by atoms with van der Waals surface area (Å²) in [6.07, 6.45) is 2.49. The molecule has 0 aliphatic heterocycles. The summed E-state index contributed by atoms with van der Waals surface area (Å²) >= 11 is 9.47. The lowest BCUT2D eigenvalue weighted by Gasteiger charge is -2.09. The quantitative estimate of drug-likeness (QED) is 0.385. The molecule has 150 valence electrons. The molecule has 0 radical (unpaired) electrons. The van der Waals surface area contributed by atoms with Crippen molar-refractivity contribution in [3.8, 4) is 5.75 Å². The lowest BCUT2D eigenvalue weighted by molar-refractivity contribution is -0.385. The number of hydrogen-bond donors (Lipinski definition) is 1. The van der Waals surface area contributed by atoms with Crippen LogP contribution in [0.2, 0.25) is 5.02 Å². The first-order valence-electron chi connectivity index (χ1n) is 8.54. The maximum atomic E-state index is 12.2. The van der Waals surface area contributed by atoms with Crippen molar-refractivity contribution in [3.05, 3.63) is 85.6 Å². The average Bonchev–Trinajstić information content (AvgIpc) is 3.17. The number of aromatic nitrogens is 2. The molecular formula is C19H16BrClN4O4. The van der Waals surface area contributed by atoms with Crippen LogP contribution in [0.3, 0.4) is 0 Å². The van der Waals surface area contributed by atoms with Crippen molar-refractivity contribution in [2.24, 2.45) is 0 Å². The Morgan fingerprint density at radius 1 is 1.28 bits per heavy atom. The summed E-state index contributed by atoms with van der Waals surface area (Å²) in [6.45, 7) is 0.950. The highest BCUT2D eigenvalue weighted by atomic mass is 79.9. The molecular weight excluding hydrogens is 464 g/mol. The van der Waals surface area contributed by atoms with E-state index in [-0.39, 0.29) is 11.6 Å². The van der Waals surface area contributed by atoms with Gasteiger partial charge in [-0.2, -0.15) is 5.10 Å². The Bertz CT molecular complexity index is 1020. The first-order valence-corrected chi connectivity index (χ1v) is 9.71. The lowest BCUT2D eigenvalue weighted by Crippen LogP contribution is -2.27. The number of amides is 1. The van der Waals surface area contributed by atoms with E-state index in [1.165, 1.54) is 17.1 Å². The number of benzene rings is 2. The molecule has 0 fully saturated rings. The summed E-state index contributed by atoms with van der Waals surface area (Å²) in [4.78, 5) is 22.3. The van der Waals surface area contributed by atoms with Gasteiger partial charge in [-0.3, -0.25) is 19.6 Å². The minimum absolute atomic E-state index is 0.0847. The van der Waals surface area contributed by atoms with Gasteiger partial charge < -0.3 is 10.1 Å². The van der Waals surface area contributed by atoms with Crippen LogP contribution in [0.4, 0.5) is 5.69 Å². The van der Waals surface area contributed by atoms with Crippen molar-refractivity contribution in [1.82, 2.24) is 15.1 Å². The maximum absolute atomic E-state index is 12.2. The predicted octanol–water partition coefficient (Wildman–Crippen LogP) is 4.22. The number of carbonyl (C=O) groups is 1. The molecule has 3 rings (SSSR count). The molecule has 29 heavy (non-hydrogen) atoms. The highest BCUT2D eigenvalue weighted by Crippen LogP contribution is 2.28. The molecule has 0 spiro atoms. The second-order valence-corrected chi connectivity index (χ2v) is 7.36. The van der Waals surface area contributed by atoms with E-state index in [2.05, 4.69) is 26.3 Å². The van der Waals surface area contributed by atoms with Crippen LogP contribution < -0.4 is 10.1 Å². The van der Waals surface area contributed by atoms with E-state index in [0.717, 1.165) is 10.0 Å². The van der Waals surface area contributed by atoms with Crippen molar-refractivity contribution in [1.29, 1.82) is 0 Å². The van der Waals surface area contributed by atoms with Crippen LogP contribution in [-0.4, -0.2) is 27.2 Å². The summed E-state index contributed by atoms with van der Waals surface area (Å²) < 4.78 is 7.98. The number of ether oxygens (including phenoxy) is 1. The zero-order valence-electron chi connectivity index (χ0n) is 15.0. The Hall–Kier alpha value is -2.91. The number of nitrogens with one attached hydrogen (secondary N) is 1. The third-order valence-corrected chi connectivity index (χ3v) is 4.75. The third kappa shape index (κ3) is 5.78. The Labute approximate surface area is 179 Å². The van der Waals surface area contributed by atoms with Gasteiger partial charge in [0.15, 0.2) is 0 Å². The molecule has 0 saturated heterocycles. The minimum Gasteiger partial charge on any atom is -0.487 e. The molecule has 10 heteroatoms. The standard InChI is InChI=1S/C19H16BrClN4O4/c20-15-5-6-18(17(21)9-15)29-12-13-1-3-14(4-2-13)19(26)22-7-8-24-11-16(10-23-24)25(27)28/h1-6,9-11H,7-8,12H2,(H,22,26). The molecule has 1 aromatic heterocycles. The van der Waals surface area contributed by atoms with Gasteiger partial charge in [0.25, 0.3) is 5.91 Å². The Morgan fingerprint density at radius 2 is 2.03 bits per heavy atom. The van der Waals surface area contributed by atoms with Gasteiger partial charge in [0, 0.05) is 16.6 Å². The average molecular weight is 480 g/mol. The van der Waals surface area contributed by atoms with Gasteiger partial charge in [-0.15, -0.1) is 0 Å². The van der Waals surface area contributed by atoms with E-state index < -0.39 is 4.92 Å². The third-order valence-electron chi connectivity index (χ3n) is 3.96. The summed E-state index contributed by atoms with van der Waals surface area (Å²) in [7, 11) is 0. The van der Waals surface area contributed by atoms with Crippen molar-refractivity contribution in [2.75, 3.05) is 6.54 Å². The highest BCUT2D eigenvalue weighted by Gasteiger charge is 2.10. The number of nitrogens with zero attached hydrogens (tertiary/aromatic N) is 3. The van der Waals surface area contributed by atoms with Gasteiger partial charge in [-0.05, 0) is 35.9 Å². The van der Waals surface area contributed by atoms with Crippen LogP contribution in [0, 0.1) is 10.1 Å². The van der Waals surface area contributed by atoms with E-state index in [1.807, 2.05) is 6.07 Å². The van der Waals surface area contributed by atoms with E-state index in [1.54, 1.807) is 36.4 Å². The molecule has 3 aromatic rings. The number of hydrogen-bond acceptors (Lipinski definition) is 5. The normalized spacial score (nSPS) is 10.6. The number of nitro groups is 1. The Kier molecular flexibility index (Phi) is 6.84. The maximum Gasteiger partial charge on any atom is 0.306 e. The molecule has 0 aliphatic carbocycles. The van der Waals surface area contributed by atoms with E-state index >= 15 is 0 Å². The fraction of sp³-hybridized carbons (Fsp3) is 0.158. The van der Waals surface area contributed by atoms with Gasteiger partial charge in [0.05, 0.1) is 16.5 Å². The molecule has 0 unspecified atom stereocenters. The lowest BCUT2D eigenvalue weighted by atomic mass is 10.1. The van der Waals surface area contributed by atoms with Crippen LogP contribution in [0.15, 0.2) is 59.3 Å². The number of rotatable bonds is 8. The van der Waals surface area contributed by atoms with Gasteiger partial charge in [0.2, 0.25) is 0 Å². The zero-order chi connectivity index (χ0) is 20.8. The first-order chi connectivity index (χ1) is 13.9. The Morgan fingerprint density at radius 3 is 2.69 bits per heavy atom. The van der Waals surface area contributed by atoms with Crippen LogP contribution in [0.25, 0.3) is 0 Å². The summed E-state index contributed by atoms with van der Waals surface area (Å²) in [5, 5.41) is 17.8. The van der Waals surface area contributed by atoms with Crippen molar-refractivity contribution in [2.45, 2.75) is 13.2 Å². The number of carbonyl (C=O) groups excluding carboxylic acids is 1. The van der Waals surface area contributed by atoms with Crippen molar-refractivity contribution in [3.63, 3.8) is 0 Å². The molecule has 1 N–H and O–H groups in total. The van der Waals surface area contributed by atoms with Gasteiger partial charge in [0.1, 0.15) is 24.8 Å².